The van der Waals surface area contributed by atoms with Gasteiger partial charge in [-0.3, -0.25) is 4.79 Å². The summed E-state index contributed by atoms with van der Waals surface area (Å²) in [6.45, 7) is 0.556. The second-order valence-corrected chi connectivity index (χ2v) is 4.75. The molecule has 0 spiro atoms. The average Bonchev–Trinajstić information content (AvgIpc) is 2.48. The number of hydrogen-bond donors (Lipinski definition) is 1. The third kappa shape index (κ3) is 4.91. The molecule has 3 nitrogen and oxygen atoms in total. The molecule has 0 saturated carbocycles. The number of rotatable bonds is 6. The predicted octanol–water partition coefficient (Wildman–Crippen LogP) is 2.74. The van der Waals surface area contributed by atoms with Gasteiger partial charge in [0.2, 0.25) is 5.91 Å². The molecular formula is C17H18FNO2. The molecule has 0 unspecified atom stereocenters. The Balaban J connectivity index is 1.76. The van der Waals surface area contributed by atoms with Crippen LogP contribution >= 0.6 is 0 Å². The first-order valence-corrected chi connectivity index (χ1v) is 6.81. The lowest BCUT2D eigenvalue weighted by Gasteiger charge is -2.06. The van der Waals surface area contributed by atoms with Crippen LogP contribution in [-0.2, 0) is 17.6 Å². The molecule has 1 N–H and O–H groups in total. The van der Waals surface area contributed by atoms with Gasteiger partial charge >= 0.3 is 0 Å². The lowest BCUT2D eigenvalue weighted by atomic mass is 10.1. The maximum absolute atomic E-state index is 13.0. The van der Waals surface area contributed by atoms with E-state index in [0.29, 0.717) is 12.1 Å². The summed E-state index contributed by atoms with van der Waals surface area (Å²) < 4.78 is 18.1. The van der Waals surface area contributed by atoms with Crippen LogP contribution in [0.3, 0.4) is 0 Å². The number of amides is 1. The van der Waals surface area contributed by atoms with Gasteiger partial charge in [0, 0.05) is 6.54 Å². The van der Waals surface area contributed by atoms with E-state index < -0.39 is 0 Å². The number of methoxy groups -OCH3 is 1. The summed E-state index contributed by atoms with van der Waals surface area (Å²) >= 11 is 0. The summed E-state index contributed by atoms with van der Waals surface area (Å²) in [5, 5.41) is 2.84. The zero-order valence-electron chi connectivity index (χ0n) is 11.9. The van der Waals surface area contributed by atoms with Crippen LogP contribution in [0.15, 0.2) is 48.5 Å². The van der Waals surface area contributed by atoms with E-state index in [-0.39, 0.29) is 18.1 Å². The van der Waals surface area contributed by atoms with Gasteiger partial charge in [0.1, 0.15) is 11.6 Å². The van der Waals surface area contributed by atoms with Gasteiger partial charge in [-0.15, -0.1) is 0 Å². The number of hydrogen-bond acceptors (Lipinski definition) is 2. The number of benzene rings is 2. The van der Waals surface area contributed by atoms with E-state index in [0.717, 1.165) is 17.7 Å². The first kappa shape index (κ1) is 15.0. The van der Waals surface area contributed by atoms with Crippen LogP contribution in [0.1, 0.15) is 11.1 Å². The molecular weight excluding hydrogens is 269 g/mol. The summed E-state index contributed by atoms with van der Waals surface area (Å²) in [5.74, 6) is 0.390. The van der Waals surface area contributed by atoms with E-state index in [1.807, 2.05) is 24.3 Å². The van der Waals surface area contributed by atoms with Crippen LogP contribution in [-0.4, -0.2) is 19.6 Å². The topological polar surface area (TPSA) is 38.3 Å². The fraction of sp³-hybridized carbons (Fsp3) is 0.235. The first-order valence-electron chi connectivity index (χ1n) is 6.81. The highest BCUT2D eigenvalue weighted by Gasteiger charge is 2.04. The van der Waals surface area contributed by atoms with Crippen molar-refractivity contribution in [2.75, 3.05) is 13.7 Å². The van der Waals surface area contributed by atoms with Crippen LogP contribution in [0.2, 0.25) is 0 Å². The SMILES string of the molecule is COc1ccc(CCNC(=O)Cc2cccc(F)c2)cc1. The summed E-state index contributed by atoms with van der Waals surface area (Å²) in [7, 11) is 1.63. The Morgan fingerprint density at radius 1 is 1.14 bits per heavy atom. The highest BCUT2D eigenvalue weighted by molar-refractivity contribution is 5.78. The molecule has 0 aromatic heterocycles. The summed E-state index contributed by atoms with van der Waals surface area (Å²) in [6, 6.07) is 13.8. The molecule has 0 fully saturated rings. The highest BCUT2D eigenvalue weighted by Crippen LogP contribution is 2.11. The maximum atomic E-state index is 13.0. The van der Waals surface area contributed by atoms with Crippen molar-refractivity contribution in [3.63, 3.8) is 0 Å². The molecule has 110 valence electrons. The van der Waals surface area contributed by atoms with Gasteiger partial charge < -0.3 is 10.1 Å². The van der Waals surface area contributed by atoms with E-state index in [1.54, 1.807) is 19.2 Å². The molecule has 0 radical (unpaired) electrons. The lowest BCUT2D eigenvalue weighted by molar-refractivity contribution is -0.120. The number of carbonyl (C=O) groups excluding carboxylic acids is 1. The van der Waals surface area contributed by atoms with Gasteiger partial charge in [0.15, 0.2) is 0 Å². The van der Waals surface area contributed by atoms with E-state index >= 15 is 0 Å². The van der Waals surface area contributed by atoms with Crippen molar-refractivity contribution >= 4 is 5.91 Å². The molecule has 2 aromatic rings. The van der Waals surface area contributed by atoms with E-state index in [9.17, 15) is 9.18 Å². The normalized spacial score (nSPS) is 10.2. The average molecular weight is 287 g/mol. The Morgan fingerprint density at radius 2 is 1.90 bits per heavy atom. The van der Waals surface area contributed by atoms with Crippen molar-refractivity contribution < 1.29 is 13.9 Å². The summed E-state index contributed by atoms with van der Waals surface area (Å²) in [6.07, 6.45) is 0.944. The second kappa shape index (κ2) is 7.43. The highest BCUT2D eigenvalue weighted by atomic mass is 19.1. The Labute approximate surface area is 123 Å². The number of nitrogens with one attached hydrogen (secondary N) is 1. The Hall–Kier alpha value is -2.36. The molecule has 0 saturated heterocycles. The first-order chi connectivity index (χ1) is 10.2. The minimum atomic E-state index is -0.321. The van der Waals surface area contributed by atoms with Crippen LogP contribution < -0.4 is 10.1 Å². The fourth-order valence-corrected chi connectivity index (χ4v) is 2.03. The number of carbonyl (C=O) groups is 1. The molecule has 0 bridgehead atoms. The third-order valence-corrected chi connectivity index (χ3v) is 3.15. The van der Waals surface area contributed by atoms with Crippen LogP contribution in [0, 0.1) is 5.82 Å². The third-order valence-electron chi connectivity index (χ3n) is 3.15. The minimum Gasteiger partial charge on any atom is -0.497 e. The minimum absolute atomic E-state index is 0.103. The zero-order valence-corrected chi connectivity index (χ0v) is 11.9. The number of ether oxygens (including phenoxy) is 1. The van der Waals surface area contributed by atoms with E-state index in [2.05, 4.69) is 5.32 Å². The van der Waals surface area contributed by atoms with Gasteiger partial charge in [-0.2, -0.15) is 0 Å². The molecule has 4 heteroatoms. The molecule has 0 aliphatic carbocycles. The van der Waals surface area contributed by atoms with Gasteiger partial charge in [-0.05, 0) is 41.8 Å². The summed E-state index contributed by atoms with van der Waals surface area (Å²) in [4.78, 5) is 11.8. The van der Waals surface area contributed by atoms with Crippen molar-refractivity contribution in [3.8, 4) is 5.75 Å². The van der Waals surface area contributed by atoms with Crippen LogP contribution in [0.5, 0.6) is 5.75 Å². The molecule has 0 aliphatic heterocycles. The second-order valence-electron chi connectivity index (χ2n) is 4.75. The van der Waals surface area contributed by atoms with Crippen molar-refractivity contribution in [2.24, 2.45) is 0 Å². The Bertz CT molecular complexity index is 596. The molecule has 2 aromatic carbocycles. The van der Waals surface area contributed by atoms with Crippen molar-refractivity contribution in [2.45, 2.75) is 12.8 Å². The Kier molecular flexibility index (Phi) is 5.32. The smallest absolute Gasteiger partial charge is 0.224 e. The quantitative estimate of drug-likeness (QED) is 0.887. The fourth-order valence-electron chi connectivity index (χ4n) is 2.03. The molecule has 0 heterocycles. The standard InChI is InChI=1S/C17H18FNO2/c1-21-16-7-5-13(6-8-16)9-10-19-17(20)12-14-3-2-4-15(18)11-14/h2-8,11H,9-10,12H2,1H3,(H,19,20). The van der Waals surface area contributed by atoms with Crippen molar-refractivity contribution in [3.05, 3.63) is 65.5 Å². The maximum Gasteiger partial charge on any atom is 0.224 e. The zero-order chi connectivity index (χ0) is 15.1. The molecule has 2 rings (SSSR count). The van der Waals surface area contributed by atoms with Crippen LogP contribution in [0.4, 0.5) is 4.39 Å². The predicted molar refractivity (Wildman–Crippen MR) is 79.8 cm³/mol. The van der Waals surface area contributed by atoms with Gasteiger partial charge in [-0.25, -0.2) is 4.39 Å². The van der Waals surface area contributed by atoms with Gasteiger partial charge in [0.25, 0.3) is 0 Å². The van der Waals surface area contributed by atoms with Crippen molar-refractivity contribution in [1.82, 2.24) is 5.32 Å². The van der Waals surface area contributed by atoms with Gasteiger partial charge in [-0.1, -0.05) is 24.3 Å². The van der Waals surface area contributed by atoms with Crippen molar-refractivity contribution in [1.29, 1.82) is 0 Å². The lowest BCUT2D eigenvalue weighted by Crippen LogP contribution is -2.27. The summed E-state index contributed by atoms with van der Waals surface area (Å²) in [5.41, 5.74) is 1.80. The molecule has 0 aliphatic rings. The molecule has 0 atom stereocenters. The largest absolute Gasteiger partial charge is 0.497 e. The molecule has 1 amide bonds. The van der Waals surface area contributed by atoms with E-state index in [1.165, 1.54) is 12.1 Å². The Morgan fingerprint density at radius 3 is 2.57 bits per heavy atom. The molecule has 21 heavy (non-hydrogen) atoms. The van der Waals surface area contributed by atoms with Crippen LogP contribution in [0.25, 0.3) is 0 Å². The van der Waals surface area contributed by atoms with Gasteiger partial charge in [0.05, 0.1) is 13.5 Å². The monoisotopic (exact) mass is 287 g/mol. The number of halogens is 1. The van der Waals surface area contributed by atoms with E-state index in [4.69, 9.17) is 4.74 Å².